The zero-order chi connectivity index (χ0) is 11.5. The highest BCUT2D eigenvalue weighted by molar-refractivity contribution is 4.87. The van der Waals surface area contributed by atoms with Gasteiger partial charge in [0, 0.05) is 5.92 Å². The first kappa shape index (κ1) is 12.7. The van der Waals surface area contributed by atoms with Crippen LogP contribution in [0.25, 0.3) is 0 Å². The van der Waals surface area contributed by atoms with Crippen LogP contribution < -0.4 is 0 Å². The van der Waals surface area contributed by atoms with Crippen molar-refractivity contribution in [2.45, 2.75) is 39.6 Å². The minimum absolute atomic E-state index is 0.0525. The molecule has 1 fully saturated rings. The van der Waals surface area contributed by atoms with E-state index >= 15 is 0 Å². The Hall–Kier alpha value is -0.380. The van der Waals surface area contributed by atoms with E-state index in [2.05, 4.69) is 20.4 Å². The SMILES string of the molecule is C=C(C)COCC1COC(C)(C(C)C)O1. The van der Waals surface area contributed by atoms with Crippen molar-refractivity contribution in [2.75, 3.05) is 19.8 Å². The van der Waals surface area contributed by atoms with E-state index in [4.69, 9.17) is 14.2 Å². The van der Waals surface area contributed by atoms with Gasteiger partial charge in [0.2, 0.25) is 0 Å². The highest BCUT2D eigenvalue weighted by atomic mass is 16.7. The molecule has 0 aromatic carbocycles. The van der Waals surface area contributed by atoms with Gasteiger partial charge in [0.15, 0.2) is 5.79 Å². The topological polar surface area (TPSA) is 27.7 Å². The summed E-state index contributed by atoms with van der Waals surface area (Å²) in [5.74, 6) is -0.0966. The van der Waals surface area contributed by atoms with Crippen molar-refractivity contribution in [3.63, 3.8) is 0 Å². The molecule has 1 heterocycles. The van der Waals surface area contributed by atoms with Gasteiger partial charge in [-0.25, -0.2) is 0 Å². The summed E-state index contributed by atoms with van der Waals surface area (Å²) >= 11 is 0. The maximum Gasteiger partial charge on any atom is 0.168 e. The first-order valence-electron chi connectivity index (χ1n) is 5.48. The van der Waals surface area contributed by atoms with Crippen molar-refractivity contribution in [3.05, 3.63) is 12.2 Å². The van der Waals surface area contributed by atoms with Gasteiger partial charge in [-0.3, -0.25) is 0 Å². The van der Waals surface area contributed by atoms with E-state index in [1.165, 1.54) is 0 Å². The fourth-order valence-corrected chi connectivity index (χ4v) is 1.41. The Balaban J connectivity index is 2.27. The number of rotatable bonds is 5. The second kappa shape index (κ2) is 5.10. The summed E-state index contributed by atoms with van der Waals surface area (Å²) in [6, 6.07) is 0. The lowest BCUT2D eigenvalue weighted by atomic mass is 10.1. The third-order valence-corrected chi connectivity index (χ3v) is 2.66. The third kappa shape index (κ3) is 3.59. The Bertz CT molecular complexity index is 225. The Morgan fingerprint density at radius 2 is 2.27 bits per heavy atom. The summed E-state index contributed by atoms with van der Waals surface area (Å²) < 4.78 is 16.9. The molecule has 3 nitrogen and oxygen atoms in total. The summed E-state index contributed by atoms with van der Waals surface area (Å²) in [7, 11) is 0. The monoisotopic (exact) mass is 214 g/mol. The zero-order valence-electron chi connectivity index (χ0n) is 10.2. The summed E-state index contributed by atoms with van der Waals surface area (Å²) in [5.41, 5.74) is 1.03. The summed E-state index contributed by atoms with van der Waals surface area (Å²) in [4.78, 5) is 0. The van der Waals surface area contributed by atoms with Gasteiger partial charge in [-0.2, -0.15) is 0 Å². The van der Waals surface area contributed by atoms with Crippen molar-refractivity contribution in [1.82, 2.24) is 0 Å². The summed E-state index contributed by atoms with van der Waals surface area (Å²) in [6.45, 7) is 13.7. The minimum Gasteiger partial charge on any atom is -0.374 e. The van der Waals surface area contributed by atoms with E-state index in [0.29, 0.717) is 25.7 Å². The van der Waals surface area contributed by atoms with Gasteiger partial charge in [0.25, 0.3) is 0 Å². The second-order valence-corrected chi connectivity index (χ2v) is 4.69. The van der Waals surface area contributed by atoms with Crippen LogP contribution >= 0.6 is 0 Å². The molecule has 1 saturated heterocycles. The average molecular weight is 214 g/mol. The largest absolute Gasteiger partial charge is 0.374 e. The molecule has 15 heavy (non-hydrogen) atoms. The molecular weight excluding hydrogens is 192 g/mol. The Morgan fingerprint density at radius 3 is 2.73 bits per heavy atom. The van der Waals surface area contributed by atoms with Crippen LogP contribution in [0.15, 0.2) is 12.2 Å². The molecular formula is C12H22O3. The summed E-state index contributed by atoms with van der Waals surface area (Å²) in [5, 5.41) is 0. The molecule has 0 N–H and O–H groups in total. The fourth-order valence-electron chi connectivity index (χ4n) is 1.41. The van der Waals surface area contributed by atoms with Crippen LogP contribution in [-0.2, 0) is 14.2 Å². The molecule has 88 valence electrons. The fraction of sp³-hybridized carbons (Fsp3) is 0.833. The molecule has 1 aliphatic rings. The van der Waals surface area contributed by atoms with Gasteiger partial charge in [0.05, 0.1) is 19.8 Å². The number of hydrogen-bond acceptors (Lipinski definition) is 3. The van der Waals surface area contributed by atoms with Crippen LogP contribution in [0.3, 0.4) is 0 Å². The van der Waals surface area contributed by atoms with Crippen molar-refractivity contribution < 1.29 is 14.2 Å². The maximum absolute atomic E-state index is 5.82. The van der Waals surface area contributed by atoms with Crippen molar-refractivity contribution in [2.24, 2.45) is 5.92 Å². The average Bonchev–Trinajstić information content (AvgIpc) is 2.48. The standard InChI is InChI=1S/C12H22O3/c1-9(2)6-13-7-11-8-14-12(5,15-11)10(3)4/h10-11H,1,6-8H2,2-5H3. The van der Waals surface area contributed by atoms with E-state index < -0.39 is 5.79 Å². The number of hydrogen-bond donors (Lipinski definition) is 0. The van der Waals surface area contributed by atoms with Crippen LogP contribution in [0.2, 0.25) is 0 Å². The molecule has 0 bridgehead atoms. The molecule has 2 unspecified atom stereocenters. The molecule has 1 rings (SSSR count). The molecule has 2 atom stereocenters. The van der Waals surface area contributed by atoms with Gasteiger partial charge < -0.3 is 14.2 Å². The molecule has 0 aromatic heterocycles. The Morgan fingerprint density at radius 1 is 1.60 bits per heavy atom. The predicted molar refractivity (Wildman–Crippen MR) is 59.7 cm³/mol. The molecule has 0 aliphatic carbocycles. The van der Waals surface area contributed by atoms with Crippen LogP contribution in [-0.4, -0.2) is 31.7 Å². The van der Waals surface area contributed by atoms with Gasteiger partial charge in [0.1, 0.15) is 6.10 Å². The summed E-state index contributed by atoms with van der Waals surface area (Å²) in [6.07, 6.45) is 0.0525. The molecule has 3 heteroatoms. The lowest BCUT2D eigenvalue weighted by Gasteiger charge is -2.27. The van der Waals surface area contributed by atoms with E-state index in [1.807, 2.05) is 13.8 Å². The molecule has 0 aromatic rings. The Kier molecular flexibility index (Phi) is 4.32. The minimum atomic E-state index is -0.447. The van der Waals surface area contributed by atoms with Crippen molar-refractivity contribution in [1.29, 1.82) is 0 Å². The Labute approximate surface area is 92.4 Å². The predicted octanol–water partition coefficient (Wildman–Crippen LogP) is 2.37. The van der Waals surface area contributed by atoms with E-state index in [9.17, 15) is 0 Å². The third-order valence-electron chi connectivity index (χ3n) is 2.66. The van der Waals surface area contributed by atoms with Crippen molar-refractivity contribution >= 4 is 0 Å². The van der Waals surface area contributed by atoms with Gasteiger partial charge in [-0.1, -0.05) is 26.0 Å². The highest BCUT2D eigenvalue weighted by Gasteiger charge is 2.39. The first-order chi connectivity index (χ1) is 6.94. The van der Waals surface area contributed by atoms with Crippen molar-refractivity contribution in [3.8, 4) is 0 Å². The normalized spacial score (nSPS) is 31.1. The van der Waals surface area contributed by atoms with E-state index in [1.54, 1.807) is 0 Å². The first-order valence-corrected chi connectivity index (χ1v) is 5.48. The lowest BCUT2D eigenvalue weighted by Crippen LogP contribution is -2.33. The lowest BCUT2D eigenvalue weighted by molar-refractivity contribution is -0.187. The molecule has 1 aliphatic heterocycles. The maximum atomic E-state index is 5.82. The molecule has 0 spiro atoms. The highest BCUT2D eigenvalue weighted by Crippen LogP contribution is 2.30. The number of ether oxygens (including phenoxy) is 3. The van der Waals surface area contributed by atoms with Gasteiger partial charge in [-0.15, -0.1) is 0 Å². The van der Waals surface area contributed by atoms with E-state index in [-0.39, 0.29) is 6.10 Å². The van der Waals surface area contributed by atoms with E-state index in [0.717, 1.165) is 5.57 Å². The quantitative estimate of drug-likeness (QED) is 0.658. The molecule has 0 amide bonds. The van der Waals surface area contributed by atoms with Gasteiger partial charge >= 0.3 is 0 Å². The zero-order valence-corrected chi connectivity index (χ0v) is 10.2. The second-order valence-electron chi connectivity index (χ2n) is 4.69. The smallest absolute Gasteiger partial charge is 0.168 e. The van der Waals surface area contributed by atoms with Crippen LogP contribution in [0.1, 0.15) is 27.7 Å². The van der Waals surface area contributed by atoms with Gasteiger partial charge in [-0.05, 0) is 13.8 Å². The van der Waals surface area contributed by atoms with Crippen LogP contribution in [0.5, 0.6) is 0 Å². The van der Waals surface area contributed by atoms with Crippen LogP contribution in [0, 0.1) is 5.92 Å². The molecule has 0 saturated carbocycles. The molecule has 0 radical (unpaired) electrons. The van der Waals surface area contributed by atoms with Crippen LogP contribution in [0.4, 0.5) is 0 Å².